The first-order chi connectivity index (χ1) is 13.6. The summed E-state index contributed by atoms with van der Waals surface area (Å²) in [5.41, 5.74) is 4.33. The van der Waals surface area contributed by atoms with Gasteiger partial charge in [0, 0.05) is 18.3 Å². The van der Waals surface area contributed by atoms with Crippen LogP contribution in [0.1, 0.15) is 34.1 Å². The molecule has 0 bridgehead atoms. The topological polar surface area (TPSA) is 76.1 Å². The summed E-state index contributed by atoms with van der Waals surface area (Å²) in [5.74, 6) is 0.769. The number of carbonyl (C=O) groups excluding carboxylic acids is 1. The number of hydrogen-bond donors (Lipinski definition) is 2. The number of nitrogens with zero attached hydrogens (tertiary/aromatic N) is 2. The van der Waals surface area contributed by atoms with Crippen molar-refractivity contribution in [1.29, 1.82) is 0 Å². The number of aryl methyl sites for hydroxylation is 2. The zero-order valence-corrected chi connectivity index (χ0v) is 16.3. The molecule has 28 heavy (non-hydrogen) atoms. The van der Waals surface area contributed by atoms with E-state index in [1.54, 1.807) is 19.1 Å². The molecule has 1 heterocycles. The summed E-state index contributed by atoms with van der Waals surface area (Å²) in [4.78, 5) is 21.2. The summed E-state index contributed by atoms with van der Waals surface area (Å²) in [6.07, 6.45) is 0. The molecule has 0 saturated heterocycles. The number of rotatable bonds is 7. The van der Waals surface area contributed by atoms with Gasteiger partial charge < -0.3 is 15.4 Å². The Kier molecular flexibility index (Phi) is 6.22. The number of esters is 1. The summed E-state index contributed by atoms with van der Waals surface area (Å²) in [6, 6.07) is 17.2. The fraction of sp³-hybridized carbons (Fsp3) is 0.227. The van der Waals surface area contributed by atoms with Gasteiger partial charge >= 0.3 is 5.97 Å². The van der Waals surface area contributed by atoms with Gasteiger partial charge in [-0.25, -0.2) is 9.78 Å². The highest BCUT2D eigenvalue weighted by Crippen LogP contribution is 2.22. The second-order valence-corrected chi connectivity index (χ2v) is 6.39. The normalized spacial score (nSPS) is 10.4. The lowest BCUT2D eigenvalue weighted by atomic mass is 10.1. The number of benzene rings is 2. The van der Waals surface area contributed by atoms with Crippen LogP contribution >= 0.6 is 0 Å². The number of aromatic nitrogens is 2. The van der Waals surface area contributed by atoms with Gasteiger partial charge in [-0.1, -0.05) is 36.4 Å². The summed E-state index contributed by atoms with van der Waals surface area (Å²) in [7, 11) is 0. The number of anilines is 3. The number of nitrogens with one attached hydrogen (secondary N) is 2. The molecule has 0 unspecified atom stereocenters. The molecule has 0 spiro atoms. The third kappa shape index (κ3) is 4.85. The van der Waals surface area contributed by atoms with Gasteiger partial charge in [0.2, 0.25) is 5.95 Å². The van der Waals surface area contributed by atoms with E-state index in [-0.39, 0.29) is 5.97 Å². The quantitative estimate of drug-likeness (QED) is 0.586. The van der Waals surface area contributed by atoms with Gasteiger partial charge in [0.05, 0.1) is 17.9 Å². The van der Waals surface area contributed by atoms with Gasteiger partial charge in [-0.2, -0.15) is 4.98 Å². The lowest BCUT2D eigenvalue weighted by Gasteiger charge is -2.13. The molecule has 2 aromatic carbocycles. The highest BCUT2D eigenvalue weighted by Gasteiger charge is 2.13. The van der Waals surface area contributed by atoms with Crippen LogP contribution in [0, 0.1) is 13.8 Å². The van der Waals surface area contributed by atoms with Crippen LogP contribution in [0.5, 0.6) is 0 Å². The molecule has 0 saturated carbocycles. The first-order valence-electron chi connectivity index (χ1n) is 9.24. The van der Waals surface area contributed by atoms with Crippen molar-refractivity contribution >= 4 is 23.4 Å². The van der Waals surface area contributed by atoms with Crippen LogP contribution in [0.2, 0.25) is 0 Å². The van der Waals surface area contributed by atoms with E-state index in [9.17, 15) is 4.79 Å². The second-order valence-electron chi connectivity index (χ2n) is 6.39. The molecule has 144 valence electrons. The van der Waals surface area contributed by atoms with E-state index in [0.717, 1.165) is 5.69 Å². The summed E-state index contributed by atoms with van der Waals surface area (Å²) in [5, 5.41) is 6.48. The van der Waals surface area contributed by atoms with Crippen molar-refractivity contribution in [1.82, 2.24) is 9.97 Å². The molecule has 0 aliphatic carbocycles. The Balaban J connectivity index is 1.79. The first-order valence-corrected chi connectivity index (χ1v) is 9.24. The van der Waals surface area contributed by atoms with Crippen LogP contribution in [0.4, 0.5) is 17.5 Å². The minimum absolute atomic E-state index is 0.326. The molecule has 3 rings (SSSR count). The Labute approximate surface area is 165 Å². The SMILES string of the molecule is CCOC(=O)c1ccccc1Nc1cc(C)nc(NCc2ccccc2C)n1. The molecule has 0 aliphatic heterocycles. The predicted octanol–water partition coefficient (Wildman–Crippen LogP) is 4.63. The van der Waals surface area contributed by atoms with E-state index < -0.39 is 0 Å². The van der Waals surface area contributed by atoms with Gasteiger partial charge in [-0.3, -0.25) is 0 Å². The standard InChI is InChI=1S/C22H24N4O2/c1-4-28-21(27)18-11-7-8-12-19(18)25-20-13-16(3)24-22(26-20)23-14-17-10-6-5-9-15(17)2/h5-13H,4,14H2,1-3H3,(H2,23,24,25,26). The molecule has 1 aromatic heterocycles. The molecular formula is C22H24N4O2. The third-order valence-corrected chi connectivity index (χ3v) is 4.24. The zero-order chi connectivity index (χ0) is 19.9. The fourth-order valence-corrected chi connectivity index (χ4v) is 2.81. The highest BCUT2D eigenvalue weighted by molar-refractivity contribution is 5.96. The van der Waals surface area contributed by atoms with Crippen molar-refractivity contribution in [3.8, 4) is 0 Å². The van der Waals surface area contributed by atoms with Crippen molar-refractivity contribution in [3.63, 3.8) is 0 Å². The molecule has 3 aromatic rings. The lowest BCUT2D eigenvalue weighted by Crippen LogP contribution is -2.10. The highest BCUT2D eigenvalue weighted by atomic mass is 16.5. The Morgan fingerprint density at radius 2 is 1.79 bits per heavy atom. The van der Waals surface area contributed by atoms with Crippen LogP contribution in [0.25, 0.3) is 0 Å². The van der Waals surface area contributed by atoms with E-state index in [1.165, 1.54) is 11.1 Å². The number of ether oxygens (including phenoxy) is 1. The van der Waals surface area contributed by atoms with Gasteiger partial charge in [0.15, 0.2) is 0 Å². The minimum Gasteiger partial charge on any atom is -0.462 e. The number of carbonyl (C=O) groups is 1. The van der Waals surface area contributed by atoms with Crippen LogP contribution in [-0.2, 0) is 11.3 Å². The average Bonchev–Trinajstić information content (AvgIpc) is 2.67. The molecular weight excluding hydrogens is 352 g/mol. The lowest BCUT2D eigenvalue weighted by molar-refractivity contribution is 0.0527. The molecule has 0 fully saturated rings. The van der Waals surface area contributed by atoms with Crippen LogP contribution in [0.3, 0.4) is 0 Å². The van der Waals surface area contributed by atoms with Crippen molar-refractivity contribution in [3.05, 3.63) is 77.0 Å². The van der Waals surface area contributed by atoms with Crippen LogP contribution in [0.15, 0.2) is 54.6 Å². The van der Waals surface area contributed by atoms with Crippen LogP contribution < -0.4 is 10.6 Å². The smallest absolute Gasteiger partial charge is 0.340 e. The van der Waals surface area contributed by atoms with Gasteiger partial charge in [0.1, 0.15) is 5.82 Å². The third-order valence-electron chi connectivity index (χ3n) is 4.24. The van der Waals surface area contributed by atoms with E-state index in [0.29, 0.717) is 36.2 Å². The van der Waals surface area contributed by atoms with E-state index >= 15 is 0 Å². The van der Waals surface area contributed by atoms with Crippen LogP contribution in [-0.4, -0.2) is 22.5 Å². The Hall–Kier alpha value is -3.41. The number of para-hydroxylation sites is 1. The van der Waals surface area contributed by atoms with Crippen molar-refractivity contribution in [2.75, 3.05) is 17.2 Å². The maximum absolute atomic E-state index is 12.2. The summed E-state index contributed by atoms with van der Waals surface area (Å²) >= 11 is 0. The van der Waals surface area contributed by atoms with E-state index in [1.807, 2.05) is 37.3 Å². The van der Waals surface area contributed by atoms with Gasteiger partial charge in [-0.15, -0.1) is 0 Å². The Morgan fingerprint density at radius 1 is 1.04 bits per heavy atom. The van der Waals surface area contributed by atoms with Crippen molar-refractivity contribution in [2.45, 2.75) is 27.3 Å². The monoisotopic (exact) mass is 376 g/mol. The molecule has 6 heteroatoms. The maximum atomic E-state index is 12.2. The fourth-order valence-electron chi connectivity index (χ4n) is 2.81. The molecule has 0 atom stereocenters. The minimum atomic E-state index is -0.366. The number of hydrogen-bond acceptors (Lipinski definition) is 6. The molecule has 2 N–H and O–H groups in total. The molecule has 6 nitrogen and oxygen atoms in total. The molecule has 0 aliphatic rings. The van der Waals surface area contributed by atoms with E-state index in [2.05, 4.69) is 39.7 Å². The molecule has 0 radical (unpaired) electrons. The predicted molar refractivity (Wildman–Crippen MR) is 111 cm³/mol. The Bertz CT molecular complexity index is 972. The first kappa shape index (κ1) is 19.4. The largest absolute Gasteiger partial charge is 0.462 e. The van der Waals surface area contributed by atoms with Gasteiger partial charge in [-0.05, 0) is 44.0 Å². The second kappa shape index (κ2) is 8.99. The Morgan fingerprint density at radius 3 is 2.57 bits per heavy atom. The zero-order valence-electron chi connectivity index (χ0n) is 16.3. The van der Waals surface area contributed by atoms with Gasteiger partial charge in [0.25, 0.3) is 0 Å². The summed E-state index contributed by atoms with van der Waals surface area (Å²) in [6.45, 7) is 6.73. The summed E-state index contributed by atoms with van der Waals surface area (Å²) < 4.78 is 5.13. The maximum Gasteiger partial charge on any atom is 0.340 e. The van der Waals surface area contributed by atoms with E-state index in [4.69, 9.17) is 4.74 Å². The van der Waals surface area contributed by atoms with Crippen molar-refractivity contribution < 1.29 is 9.53 Å². The van der Waals surface area contributed by atoms with Crippen molar-refractivity contribution in [2.24, 2.45) is 0 Å². The molecule has 0 amide bonds. The average molecular weight is 376 g/mol.